The predicted octanol–water partition coefficient (Wildman–Crippen LogP) is 0.791. The van der Waals surface area contributed by atoms with Gasteiger partial charge in [0.2, 0.25) is 0 Å². The summed E-state index contributed by atoms with van der Waals surface area (Å²) in [6, 6.07) is 0. The van der Waals surface area contributed by atoms with Gasteiger partial charge in [-0.1, -0.05) is 6.92 Å². The Morgan fingerprint density at radius 1 is 1.13 bits per heavy atom. The topological polar surface area (TPSA) is 32.3 Å². The average molecular weight is 206 g/mol. The summed E-state index contributed by atoms with van der Waals surface area (Å²) < 4.78 is 0. The van der Waals surface area contributed by atoms with Gasteiger partial charge >= 0.3 is 0 Å². The van der Waals surface area contributed by atoms with Crippen molar-refractivity contribution in [3.8, 4) is 0 Å². The van der Waals surface area contributed by atoms with E-state index >= 15 is 0 Å². The van der Waals surface area contributed by atoms with Crippen LogP contribution in [0.3, 0.4) is 0 Å². The number of aromatic nitrogens is 2. The van der Waals surface area contributed by atoms with E-state index < -0.39 is 0 Å². The number of hydrogen-bond donors (Lipinski definition) is 0. The Morgan fingerprint density at radius 2 is 1.80 bits per heavy atom. The fourth-order valence-electron chi connectivity index (χ4n) is 1.94. The van der Waals surface area contributed by atoms with Gasteiger partial charge in [0.05, 0.1) is 18.1 Å². The zero-order valence-electron chi connectivity index (χ0n) is 9.48. The van der Waals surface area contributed by atoms with Gasteiger partial charge in [-0.3, -0.25) is 0 Å². The molecule has 0 aromatic carbocycles. The molecule has 2 rings (SSSR count). The van der Waals surface area contributed by atoms with Crippen molar-refractivity contribution in [3.63, 3.8) is 0 Å². The number of likely N-dealkylation sites (N-methyl/N-ethyl adjacent to an activating group) is 1. The number of rotatable bonds is 2. The molecular weight excluding hydrogens is 188 g/mol. The fraction of sp³-hybridized carbons (Fsp3) is 0.636. The summed E-state index contributed by atoms with van der Waals surface area (Å²) in [7, 11) is 2.17. The van der Waals surface area contributed by atoms with Crippen molar-refractivity contribution in [2.75, 3.05) is 38.1 Å². The second kappa shape index (κ2) is 4.57. The molecule has 0 aliphatic carbocycles. The van der Waals surface area contributed by atoms with E-state index in [4.69, 9.17) is 0 Å². The van der Waals surface area contributed by atoms with Crippen molar-refractivity contribution in [2.24, 2.45) is 0 Å². The van der Waals surface area contributed by atoms with E-state index in [0.29, 0.717) is 0 Å². The number of hydrogen-bond acceptors (Lipinski definition) is 4. The van der Waals surface area contributed by atoms with Gasteiger partial charge in [-0.25, -0.2) is 0 Å². The first-order valence-corrected chi connectivity index (χ1v) is 5.54. The van der Waals surface area contributed by atoms with Crippen LogP contribution < -0.4 is 4.90 Å². The van der Waals surface area contributed by atoms with Crippen LogP contribution in [0, 0.1) is 0 Å². The van der Waals surface area contributed by atoms with Crippen molar-refractivity contribution < 1.29 is 0 Å². The molecule has 0 atom stereocenters. The Bertz CT molecular complexity index is 318. The molecule has 4 heteroatoms. The van der Waals surface area contributed by atoms with E-state index in [1.54, 1.807) is 0 Å². The molecule has 0 radical (unpaired) electrons. The van der Waals surface area contributed by atoms with E-state index in [-0.39, 0.29) is 0 Å². The standard InChI is InChI=1S/C11H18N4/c1-3-10-8-12-13-9-11(10)15-6-4-14(2)5-7-15/h8-9H,3-7H2,1-2H3. The highest BCUT2D eigenvalue weighted by molar-refractivity contribution is 5.51. The molecule has 15 heavy (non-hydrogen) atoms. The molecule has 1 aliphatic rings. The van der Waals surface area contributed by atoms with Gasteiger partial charge < -0.3 is 9.80 Å². The van der Waals surface area contributed by atoms with Crippen LogP contribution in [0.15, 0.2) is 12.4 Å². The number of anilines is 1. The number of piperazine rings is 1. The Balaban J connectivity index is 2.15. The predicted molar refractivity (Wildman–Crippen MR) is 61.1 cm³/mol. The minimum absolute atomic E-state index is 1.02. The molecule has 0 amide bonds. The zero-order valence-corrected chi connectivity index (χ0v) is 9.48. The second-order valence-corrected chi connectivity index (χ2v) is 4.04. The molecule has 1 aromatic rings. The second-order valence-electron chi connectivity index (χ2n) is 4.04. The summed E-state index contributed by atoms with van der Waals surface area (Å²) in [6.45, 7) is 6.61. The van der Waals surface area contributed by atoms with Gasteiger partial charge in [-0.2, -0.15) is 10.2 Å². The monoisotopic (exact) mass is 206 g/mol. The maximum Gasteiger partial charge on any atom is 0.0732 e. The highest BCUT2D eigenvalue weighted by Crippen LogP contribution is 2.19. The first-order valence-electron chi connectivity index (χ1n) is 5.54. The van der Waals surface area contributed by atoms with Gasteiger partial charge in [-0.05, 0) is 19.0 Å². The lowest BCUT2D eigenvalue weighted by Gasteiger charge is -2.34. The first kappa shape index (κ1) is 10.4. The maximum absolute atomic E-state index is 3.98. The zero-order chi connectivity index (χ0) is 10.7. The van der Waals surface area contributed by atoms with Gasteiger partial charge in [0.25, 0.3) is 0 Å². The Hall–Kier alpha value is -1.16. The van der Waals surface area contributed by atoms with Crippen LogP contribution >= 0.6 is 0 Å². The quantitative estimate of drug-likeness (QED) is 0.716. The lowest BCUT2D eigenvalue weighted by atomic mass is 10.2. The molecule has 0 saturated carbocycles. The third-order valence-electron chi connectivity index (χ3n) is 3.01. The van der Waals surface area contributed by atoms with Crippen molar-refractivity contribution >= 4 is 5.69 Å². The summed E-state index contributed by atoms with van der Waals surface area (Å²) in [5.41, 5.74) is 2.56. The smallest absolute Gasteiger partial charge is 0.0732 e. The minimum atomic E-state index is 1.02. The van der Waals surface area contributed by atoms with E-state index in [2.05, 4.69) is 34.0 Å². The van der Waals surface area contributed by atoms with E-state index in [9.17, 15) is 0 Å². The Morgan fingerprint density at radius 3 is 2.47 bits per heavy atom. The largest absolute Gasteiger partial charge is 0.367 e. The molecule has 1 fully saturated rings. The number of nitrogens with zero attached hydrogens (tertiary/aromatic N) is 4. The van der Waals surface area contributed by atoms with Crippen LogP contribution in [0.5, 0.6) is 0 Å². The molecule has 2 heterocycles. The van der Waals surface area contributed by atoms with E-state index in [1.807, 2.05) is 12.4 Å². The molecule has 1 aromatic heterocycles. The molecular formula is C11H18N4. The van der Waals surface area contributed by atoms with Gasteiger partial charge in [0, 0.05) is 26.2 Å². The Kier molecular flexibility index (Phi) is 3.16. The molecule has 0 N–H and O–H groups in total. The lowest BCUT2D eigenvalue weighted by Crippen LogP contribution is -2.44. The molecule has 1 aliphatic heterocycles. The van der Waals surface area contributed by atoms with Gasteiger partial charge in [-0.15, -0.1) is 0 Å². The molecule has 82 valence electrons. The summed E-state index contributed by atoms with van der Waals surface area (Å²) in [4.78, 5) is 4.77. The van der Waals surface area contributed by atoms with Crippen LogP contribution in [-0.2, 0) is 6.42 Å². The summed E-state index contributed by atoms with van der Waals surface area (Å²) in [5.74, 6) is 0. The molecule has 0 spiro atoms. The average Bonchev–Trinajstić information content (AvgIpc) is 2.30. The van der Waals surface area contributed by atoms with E-state index in [1.165, 1.54) is 11.3 Å². The molecule has 0 bridgehead atoms. The van der Waals surface area contributed by atoms with Crippen LogP contribution in [0.1, 0.15) is 12.5 Å². The van der Waals surface area contributed by atoms with Crippen molar-refractivity contribution in [1.82, 2.24) is 15.1 Å². The van der Waals surface area contributed by atoms with Crippen LogP contribution in [0.4, 0.5) is 5.69 Å². The van der Waals surface area contributed by atoms with E-state index in [0.717, 1.165) is 32.6 Å². The van der Waals surface area contributed by atoms with Crippen molar-refractivity contribution in [2.45, 2.75) is 13.3 Å². The first-order chi connectivity index (χ1) is 7.31. The highest BCUT2D eigenvalue weighted by Gasteiger charge is 2.16. The summed E-state index contributed by atoms with van der Waals surface area (Å²) >= 11 is 0. The van der Waals surface area contributed by atoms with Crippen LogP contribution in [0.25, 0.3) is 0 Å². The Labute approximate surface area is 90.9 Å². The van der Waals surface area contributed by atoms with Gasteiger partial charge in [0.1, 0.15) is 0 Å². The third kappa shape index (κ3) is 2.26. The molecule has 1 saturated heterocycles. The SMILES string of the molecule is CCc1cnncc1N1CCN(C)CC1. The third-order valence-corrected chi connectivity index (χ3v) is 3.01. The maximum atomic E-state index is 3.98. The highest BCUT2D eigenvalue weighted by atomic mass is 15.3. The normalized spacial score (nSPS) is 18.1. The molecule has 4 nitrogen and oxygen atoms in total. The summed E-state index contributed by atoms with van der Waals surface area (Å²) in [5, 5.41) is 7.92. The van der Waals surface area contributed by atoms with Crippen LogP contribution in [-0.4, -0.2) is 48.3 Å². The number of aryl methyl sites for hydroxylation is 1. The molecule has 0 unspecified atom stereocenters. The van der Waals surface area contributed by atoms with Crippen LogP contribution in [0.2, 0.25) is 0 Å². The van der Waals surface area contributed by atoms with Gasteiger partial charge in [0.15, 0.2) is 0 Å². The minimum Gasteiger partial charge on any atom is -0.367 e. The van der Waals surface area contributed by atoms with Crippen molar-refractivity contribution in [3.05, 3.63) is 18.0 Å². The summed E-state index contributed by atoms with van der Waals surface area (Å²) in [6.07, 6.45) is 4.80. The fourth-order valence-corrected chi connectivity index (χ4v) is 1.94. The van der Waals surface area contributed by atoms with Crippen molar-refractivity contribution in [1.29, 1.82) is 0 Å². The lowest BCUT2D eigenvalue weighted by molar-refractivity contribution is 0.312.